The molecule has 154 valence electrons. The minimum Gasteiger partial charge on any atom is -0.386 e. The van der Waals surface area contributed by atoms with Gasteiger partial charge in [-0.05, 0) is 32.3 Å². The Morgan fingerprint density at radius 1 is 1.37 bits per heavy atom. The second-order valence-corrected chi connectivity index (χ2v) is 13.1. The van der Waals surface area contributed by atoms with Crippen molar-refractivity contribution in [2.75, 3.05) is 12.3 Å². The van der Waals surface area contributed by atoms with Gasteiger partial charge in [0.2, 0.25) is 0 Å². The van der Waals surface area contributed by atoms with Crippen molar-refractivity contribution in [2.45, 2.75) is 83.7 Å². The summed E-state index contributed by atoms with van der Waals surface area (Å²) >= 11 is 0. The Bertz CT molecular complexity index is 738. The highest BCUT2D eigenvalue weighted by Gasteiger charge is 2.62. The van der Waals surface area contributed by atoms with E-state index in [1.165, 1.54) is 4.57 Å². The van der Waals surface area contributed by atoms with Crippen molar-refractivity contribution in [3.63, 3.8) is 0 Å². The van der Waals surface area contributed by atoms with Crippen molar-refractivity contribution in [1.29, 1.82) is 0 Å². The molecule has 0 saturated carbocycles. The zero-order chi connectivity index (χ0) is 20.8. The van der Waals surface area contributed by atoms with Crippen molar-refractivity contribution >= 4 is 14.6 Å². The molecule has 1 aromatic heterocycles. The first kappa shape index (κ1) is 22.1. The predicted molar refractivity (Wildman–Crippen MR) is 109 cm³/mol. The fourth-order valence-electron chi connectivity index (χ4n) is 3.60. The summed E-state index contributed by atoms with van der Waals surface area (Å²) < 4.78 is 14.0. The molecule has 27 heavy (non-hydrogen) atoms. The largest absolute Gasteiger partial charge is 0.386 e. The van der Waals surface area contributed by atoms with Crippen molar-refractivity contribution < 1.29 is 14.6 Å². The third-order valence-electron chi connectivity index (χ3n) is 5.50. The van der Waals surface area contributed by atoms with Crippen LogP contribution in [-0.4, -0.2) is 47.4 Å². The maximum absolute atomic E-state index is 12.6. The monoisotopic (exact) mass is 397 g/mol. The number of hydrogen-bond donors (Lipinski definition) is 2. The zero-order valence-electron chi connectivity index (χ0n) is 17.9. The number of nitrogens with zero attached hydrogens (tertiary/aromatic N) is 2. The van der Waals surface area contributed by atoms with Crippen LogP contribution in [0.2, 0.25) is 13.1 Å². The number of rotatable bonds is 4. The van der Waals surface area contributed by atoms with E-state index in [9.17, 15) is 9.90 Å². The minimum atomic E-state index is -1.64. The molecule has 0 bridgehead atoms. The Kier molecular flexibility index (Phi) is 5.71. The third-order valence-corrected chi connectivity index (χ3v) is 7.93. The lowest BCUT2D eigenvalue weighted by molar-refractivity contribution is -0.160. The topological polar surface area (TPSA) is 99.6 Å². The van der Waals surface area contributed by atoms with Gasteiger partial charge in [-0.3, -0.25) is 4.57 Å². The molecule has 3 atom stereocenters. The maximum Gasteiger partial charge on any atom is 0.351 e. The summed E-state index contributed by atoms with van der Waals surface area (Å²) in [6, 6.07) is 1.60. The summed E-state index contributed by atoms with van der Waals surface area (Å²) in [5.74, 6) is 0.175. The maximum atomic E-state index is 12.6. The normalized spacial score (nSPS) is 29.5. The van der Waals surface area contributed by atoms with Crippen LogP contribution in [0.25, 0.3) is 0 Å². The molecule has 0 amide bonds. The molecule has 2 rings (SSSR count). The van der Waals surface area contributed by atoms with Gasteiger partial charge >= 0.3 is 5.69 Å². The second kappa shape index (κ2) is 6.99. The Hall–Kier alpha value is -1.22. The molecule has 1 fully saturated rings. The number of aliphatic hydroxyl groups is 1. The number of aromatic nitrogens is 2. The van der Waals surface area contributed by atoms with E-state index in [4.69, 9.17) is 15.2 Å². The van der Waals surface area contributed by atoms with Gasteiger partial charge in [-0.15, -0.1) is 0 Å². The lowest BCUT2D eigenvalue weighted by atomic mass is 9.72. The van der Waals surface area contributed by atoms with Gasteiger partial charge in [0.25, 0.3) is 0 Å². The highest BCUT2D eigenvalue weighted by Crippen LogP contribution is 2.50. The van der Waals surface area contributed by atoms with Crippen molar-refractivity contribution in [1.82, 2.24) is 9.55 Å². The smallest absolute Gasteiger partial charge is 0.351 e. The van der Waals surface area contributed by atoms with Gasteiger partial charge in [-0.25, -0.2) is 4.79 Å². The van der Waals surface area contributed by atoms with Gasteiger partial charge in [0, 0.05) is 12.6 Å². The van der Waals surface area contributed by atoms with Gasteiger partial charge in [-0.1, -0.05) is 33.9 Å². The molecular weight excluding hydrogens is 362 g/mol. The van der Waals surface area contributed by atoms with Crippen LogP contribution in [0.3, 0.4) is 0 Å². The van der Waals surface area contributed by atoms with E-state index in [1.807, 2.05) is 41.5 Å². The average Bonchev–Trinajstić information content (AvgIpc) is 2.79. The number of nitrogens with two attached hydrogens (primary N) is 1. The third kappa shape index (κ3) is 4.13. The van der Waals surface area contributed by atoms with Crippen LogP contribution >= 0.6 is 0 Å². The summed E-state index contributed by atoms with van der Waals surface area (Å²) in [4.78, 5) is 16.5. The molecule has 8 heteroatoms. The molecule has 7 nitrogen and oxygen atoms in total. The lowest BCUT2D eigenvalue weighted by Crippen LogP contribution is -2.53. The lowest BCUT2D eigenvalue weighted by Gasteiger charge is -2.41. The standard InChI is InChI=1S/C19H35N3O4Si/c1-16(2,3)18(24)12-19(27(7)8,22-10-9-14(20)21-15(22)23)26-13(18)11-25-17(4,5)6/h9-10,13,24,27H,11-12H2,1-8H3,(H2,20,21,23)/t13-,18+,19+/m1/s1. The van der Waals surface area contributed by atoms with Gasteiger partial charge in [0.05, 0.1) is 21.0 Å². The fourth-order valence-corrected chi connectivity index (χ4v) is 5.50. The van der Waals surface area contributed by atoms with Crippen molar-refractivity contribution in [3.05, 3.63) is 22.7 Å². The molecule has 0 spiro atoms. The van der Waals surface area contributed by atoms with Crippen molar-refractivity contribution in [2.24, 2.45) is 5.41 Å². The first-order valence-electron chi connectivity index (χ1n) is 9.52. The van der Waals surface area contributed by atoms with Crippen LogP contribution < -0.4 is 11.4 Å². The van der Waals surface area contributed by atoms with Crippen LogP contribution in [-0.2, 0) is 14.8 Å². The summed E-state index contributed by atoms with van der Waals surface area (Å²) in [6.45, 7) is 16.3. The molecule has 2 heterocycles. The van der Waals surface area contributed by atoms with E-state index in [0.29, 0.717) is 6.42 Å². The average molecular weight is 398 g/mol. The summed E-state index contributed by atoms with van der Waals surface area (Å²) in [7, 11) is -1.64. The van der Waals surface area contributed by atoms with E-state index in [0.717, 1.165) is 0 Å². The van der Waals surface area contributed by atoms with Crippen LogP contribution in [0.15, 0.2) is 17.1 Å². The Morgan fingerprint density at radius 3 is 2.41 bits per heavy atom. The molecule has 0 unspecified atom stereocenters. The second-order valence-electron chi connectivity index (χ2n) is 9.89. The highest BCUT2D eigenvalue weighted by molar-refractivity contribution is 6.58. The Balaban J connectivity index is 2.56. The molecule has 0 radical (unpaired) electrons. The highest BCUT2D eigenvalue weighted by atomic mass is 28.3. The minimum absolute atomic E-state index is 0.175. The van der Waals surface area contributed by atoms with Crippen LogP contribution in [0.5, 0.6) is 0 Å². The number of anilines is 1. The Morgan fingerprint density at radius 2 is 1.96 bits per heavy atom. The molecule has 1 aliphatic heterocycles. The van der Waals surface area contributed by atoms with Gasteiger partial charge in [0.1, 0.15) is 22.9 Å². The molecule has 3 N–H and O–H groups in total. The van der Waals surface area contributed by atoms with Crippen LogP contribution in [0.1, 0.15) is 48.0 Å². The molecule has 1 saturated heterocycles. The van der Waals surface area contributed by atoms with E-state index >= 15 is 0 Å². The van der Waals surface area contributed by atoms with Crippen molar-refractivity contribution in [3.8, 4) is 0 Å². The Labute approximate surface area is 163 Å². The molecule has 0 aliphatic carbocycles. The SMILES string of the molecule is C[SiH](C)[C@]1(n2ccc(N)nc2=O)C[C@@](O)(C(C)(C)C)[C@@H](COC(C)(C)C)O1. The van der Waals surface area contributed by atoms with Crippen LogP contribution in [0.4, 0.5) is 5.82 Å². The van der Waals surface area contributed by atoms with Gasteiger partial charge in [0.15, 0.2) is 0 Å². The van der Waals surface area contributed by atoms with Crippen LogP contribution in [0, 0.1) is 5.41 Å². The van der Waals surface area contributed by atoms with E-state index in [1.54, 1.807) is 12.3 Å². The summed E-state index contributed by atoms with van der Waals surface area (Å²) in [5.41, 5.74) is 3.23. The first-order valence-corrected chi connectivity index (χ1v) is 12.4. The van der Waals surface area contributed by atoms with Gasteiger partial charge < -0.3 is 20.3 Å². The van der Waals surface area contributed by atoms with Gasteiger partial charge in [-0.2, -0.15) is 4.98 Å². The molecular formula is C19H35N3O4Si. The number of ether oxygens (including phenoxy) is 2. The number of nitrogen functional groups attached to an aromatic ring is 1. The molecule has 1 aromatic rings. The zero-order valence-corrected chi connectivity index (χ0v) is 19.0. The summed E-state index contributed by atoms with van der Waals surface area (Å²) in [5, 5.41) is 10.8. The molecule has 0 aromatic carbocycles. The van der Waals surface area contributed by atoms with E-state index in [2.05, 4.69) is 18.1 Å². The summed E-state index contributed by atoms with van der Waals surface area (Å²) in [6.07, 6.45) is 1.39. The quantitative estimate of drug-likeness (QED) is 0.753. The first-order chi connectivity index (χ1) is 12.1. The number of hydrogen-bond acceptors (Lipinski definition) is 6. The van der Waals surface area contributed by atoms with E-state index in [-0.39, 0.29) is 18.0 Å². The molecule has 1 aliphatic rings. The predicted octanol–water partition coefficient (Wildman–Crippen LogP) is 1.89. The van der Waals surface area contributed by atoms with E-state index < -0.39 is 37.0 Å². The fraction of sp³-hybridized carbons (Fsp3) is 0.789.